The van der Waals surface area contributed by atoms with Crippen molar-refractivity contribution in [3.63, 3.8) is 0 Å². The highest BCUT2D eigenvalue weighted by Gasteiger charge is 2.14. The van der Waals surface area contributed by atoms with E-state index in [0.717, 1.165) is 28.0 Å². The summed E-state index contributed by atoms with van der Waals surface area (Å²) >= 11 is 0. The second-order valence-corrected chi connectivity index (χ2v) is 9.19. The van der Waals surface area contributed by atoms with E-state index in [1.54, 1.807) is 6.92 Å². The van der Waals surface area contributed by atoms with Gasteiger partial charge in [-0.15, -0.1) is 0 Å². The molecule has 0 spiro atoms. The van der Waals surface area contributed by atoms with Crippen LogP contribution >= 0.6 is 0 Å². The van der Waals surface area contributed by atoms with Crippen LogP contribution in [0.15, 0.2) is 108 Å². The highest BCUT2D eigenvalue weighted by atomic mass is 32.2. The largest absolute Gasteiger partial charge is 0.490 e. The van der Waals surface area contributed by atoms with Crippen molar-refractivity contribution in [1.82, 2.24) is 0 Å². The number of ether oxygens (including phenoxy) is 3. The molecule has 1 atom stereocenters. The van der Waals surface area contributed by atoms with Gasteiger partial charge < -0.3 is 14.2 Å². The molecule has 0 aliphatic heterocycles. The molecule has 0 saturated heterocycles. The zero-order valence-electron chi connectivity index (χ0n) is 19.2. The summed E-state index contributed by atoms with van der Waals surface area (Å²) in [5.74, 6) is 1.20. The summed E-state index contributed by atoms with van der Waals surface area (Å²) in [5.41, 5.74) is 4.11. The Bertz CT molecular complexity index is 1280. The lowest BCUT2D eigenvalue weighted by atomic mass is 9.97. The molecule has 0 fully saturated rings. The highest BCUT2D eigenvalue weighted by Crippen LogP contribution is 2.39. The third-order valence-electron chi connectivity index (χ3n) is 5.29. The molecule has 1 N–H and O–H groups in total. The minimum atomic E-state index is -4.24. The Morgan fingerprint density at radius 2 is 1.26 bits per heavy atom. The molecule has 1 unspecified atom stereocenters. The standard InChI is InChI=1S/C28H26O6S/c1-21(34-24-15-17-25(18-16-24)35(29,30)31)32-19-20-33-28-26(22-9-4-2-5-10-22)13-8-14-27(28)23-11-6-3-7-12-23/h2-18,21H,19-20H2,1H3,(H,29,30,31). The van der Waals surface area contributed by atoms with E-state index in [1.807, 2.05) is 54.6 Å². The molecule has 6 nitrogen and oxygen atoms in total. The van der Waals surface area contributed by atoms with Crippen LogP contribution in [-0.4, -0.2) is 32.5 Å². The lowest BCUT2D eigenvalue weighted by molar-refractivity contribution is -0.0738. The first-order valence-corrected chi connectivity index (χ1v) is 12.6. The molecular weight excluding hydrogens is 464 g/mol. The zero-order valence-corrected chi connectivity index (χ0v) is 20.0. The fraction of sp³-hybridized carbons (Fsp3) is 0.143. The van der Waals surface area contributed by atoms with Gasteiger partial charge in [0.1, 0.15) is 18.1 Å². The maximum atomic E-state index is 11.2. The Morgan fingerprint density at radius 3 is 1.77 bits per heavy atom. The summed E-state index contributed by atoms with van der Waals surface area (Å²) in [4.78, 5) is -0.196. The van der Waals surface area contributed by atoms with Gasteiger partial charge in [0.25, 0.3) is 10.1 Å². The zero-order chi connectivity index (χ0) is 24.7. The van der Waals surface area contributed by atoms with Crippen LogP contribution in [0.5, 0.6) is 11.5 Å². The second kappa shape index (κ2) is 11.2. The maximum absolute atomic E-state index is 11.2. The molecule has 0 amide bonds. The monoisotopic (exact) mass is 490 g/mol. The van der Waals surface area contributed by atoms with Crippen LogP contribution in [0.3, 0.4) is 0 Å². The summed E-state index contributed by atoms with van der Waals surface area (Å²) in [5, 5.41) is 0. The molecule has 0 aliphatic rings. The summed E-state index contributed by atoms with van der Waals surface area (Å²) in [6.45, 7) is 2.32. The molecule has 0 heterocycles. The van der Waals surface area contributed by atoms with Gasteiger partial charge in [0, 0.05) is 11.1 Å². The van der Waals surface area contributed by atoms with Crippen molar-refractivity contribution in [3.05, 3.63) is 103 Å². The Labute approximate surface area is 205 Å². The molecule has 0 aliphatic carbocycles. The van der Waals surface area contributed by atoms with Crippen LogP contribution in [0.4, 0.5) is 0 Å². The van der Waals surface area contributed by atoms with Crippen LogP contribution in [0, 0.1) is 0 Å². The lowest BCUT2D eigenvalue weighted by Gasteiger charge is -2.18. The molecule has 4 aromatic carbocycles. The molecule has 0 aromatic heterocycles. The highest BCUT2D eigenvalue weighted by molar-refractivity contribution is 7.85. The van der Waals surface area contributed by atoms with Gasteiger partial charge in [-0.25, -0.2) is 0 Å². The molecule has 7 heteroatoms. The molecule has 0 bridgehead atoms. The number of hydrogen-bond donors (Lipinski definition) is 1. The van der Waals surface area contributed by atoms with Gasteiger partial charge in [-0.05, 0) is 42.3 Å². The predicted octanol–water partition coefficient (Wildman–Crippen LogP) is 6.09. The molecule has 4 aromatic rings. The Hall–Kier alpha value is -3.65. The minimum absolute atomic E-state index is 0.196. The van der Waals surface area contributed by atoms with E-state index in [1.165, 1.54) is 24.3 Å². The van der Waals surface area contributed by atoms with E-state index in [2.05, 4.69) is 24.3 Å². The molecular formula is C28H26O6S. The second-order valence-electron chi connectivity index (χ2n) is 7.77. The maximum Gasteiger partial charge on any atom is 0.294 e. The topological polar surface area (TPSA) is 82.1 Å². The normalized spacial score (nSPS) is 12.2. The van der Waals surface area contributed by atoms with E-state index >= 15 is 0 Å². The number of para-hydroxylation sites is 1. The Morgan fingerprint density at radius 1 is 0.714 bits per heavy atom. The van der Waals surface area contributed by atoms with E-state index in [0.29, 0.717) is 12.4 Å². The van der Waals surface area contributed by atoms with Gasteiger partial charge in [-0.1, -0.05) is 78.9 Å². The average molecular weight is 491 g/mol. The summed E-state index contributed by atoms with van der Waals surface area (Å²) in [7, 11) is -4.24. The van der Waals surface area contributed by atoms with Crippen LogP contribution in [-0.2, 0) is 14.9 Å². The first-order chi connectivity index (χ1) is 16.9. The third-order valence-corrected chi connectivity index (χ3v) is 6.16. The molecule has 35 heavy (non-hydrogen) atoms. The first-order valence-electron chi connectivity index (χ1n) is 11.1. The SMILES string of the molecule is CC(OCCOc1c(-c2ccccc2)cccc1-c1ccccc1)Oc1ccc(S(=O)(=O)O)cc1. The summed E-state index contributed by atoms with van der Waals surface area (Å²) in [6, 6.07) is 31.7. The van der Waals surface area contributed by atoms with Crippen molar-refractivity contribution in [1.29, 1.82) is 0 Å². The molecule has 0 saturated carbocycles. The number of hydrogen-bond acceptors (Lipinski definition) is 5. The molecule has 0 radical (unpaired) electrons. The van der Waals surface area contributed by atoms with Gasteiger partial charge in [-0.2, -0.15) is 8.42 Å². The van der Waals surface area contributed by atoms with Gasteiger partial charge in [-0.3, -0.25) is 4.55 Å². The quantitative estimate of drug-likeness (QED) is 0.165. The Balaban J connectivity index is 1.42. The van der Waals surface area contributed by atoms with Crippen molar-refractivity contribution in [2.75, 3.05) is 13.2 Å². The van der Waals surface area contributed by atoms with Crippen LogP contribution in [0.25, 0.3) is 22.3 Å². The fourth-order valence-electron chi connectivity index (χ4n) is 3.66. The number of benzene rings is 4. The van der Waals surface area contributed by atoms with E-state index in [4.69, 9.17) is 18.8 Å². The van der Waals surface area contributed by atoms with Crippen molar-refractivity contribution >= 4 is 10.1 Å². The van der Waals surface area contributed by atoms with Crippen molar-refractivity contribution in [2.24, 2.45) is 0 Å². The Kier molecular flexibility index (Phi) is 7.82. The molecule has 4 rings (SSSR count). The smallest absolute Gasteiger partial charge is 0.294 e. The van der Waals surface area contributed by atoms with Crippen LogP contribution in [0.1, 0.15) is 6.92 Å². The van der Waals surface area contributed by atoms with Crippen LogP contribution < -0.4 is 9.47 Å². The van der Waals surface area contributed by atoms with E-state index in [9.17, 15) is 8.42 Å². The third kappa shape index (κ3) is 6.48. The van der Waals surface area contributed by atoms with Crippen molar-refractivity contribution < 1.29 is 27.2 Å². The number of rotatable bonds is 10. The van der Waals surface area contributed by atoms with Crippen molar-refractivity contribution in [2.45, 2.75) is 18.1 Å². The first kappa shape index (κ1) is 24.5. The van der Waals surface area contributed by atoms with E-state index < -0.39 is 16.4 Å². The summed E-state index contributed by atoms with van der Waals surface area (Å²) in [6.07, 6.45) is -0.590. The van der Waals surface area contributed by atoms with Gasteiger partial charge in [0.15, 0.2) is 6.29 Å². The van der Waals surface area contributed by atoms with Crippen LogP contribution in [0.2, 0.25) is 0 Å². The lowest BCUT2D eigenvalue weighted by Crippen LogP contribution is -2.20. The predicted molar refractivity (Wildman–Crippen MR) is 135 cm³/mol. The van der Waals surface area contributed by atoms with E-state index in [-0.39, 0.29) is 11.5 Å². The minimum Gasteiger partial charge on any atom is -0.490 e. The average Bonchev–Trinajstić information content (AvgIpc) is 2.87. The fourth-order valence-corrected chi connectivity index (χ4v) is 4.14. The van der Waals surface area contributed by atoms with Gasteiger partial charge >= 0.3 is 0 Å². The summed E-state index contributed by atoms with van der Waals surface area (Å²) < 4.78 is 49.1. The van der Waals surface area contributed by atoms with Gasteiger partial charge in [0.05, 0.1) is 11.5 Å². The molecule has 180 valence electrons. The van der Waals surface area contributed by atoms with Crippen molar-refractivity contribution in [3.8, 4) is 33.8 Å². The van der Waals surface area contributed by atoms with Gasteiger partial charge in [0.2, 0.25) is 0 Å².